The quantitative estimate of drug-likeness (QED) is 0.770. The fraction of sp³-hybridized carbons (Fsp3) is 0.438. The molecule has 0 saturated carbocycles. The summed E-state index contributed by atoms with van der Waals surface area (Å²) in [4.78, 5) is 10.8. The van der Waals surface area contributed by atoms with Gasteiger partial charge in [0.05, 0.1) is 12.2 Å². The minimum atomic E-state index is -3.35. The van der Waals surface area contributed by atoms with Crippen molar-refractivity contribution in [3.05, 3.63) is 42.0 Å². The van der Waals surface area contributed by atoms with Gasteiger partial charge in [-0.1, -0.05) is 12.1 Å². The maximum atomic E-state index is 12.2. The molecule has 2 N–H and O–H groups in total. The lowest BCUT2D eigenvalue weighted by Gasteiger charge is -2.32. The van der Waals surface area contributed by atoms with Gasteiger partial charge in [-0.25, -0.2) is 12.7 Å². The number of sulfonamides is 1. The molecule has 1 fully saturated rings. The number of aromatic hydroxyl groups is 1. The predicted octanol–water partition coefficient (Wildman–Crippen LogP) is 1.71. The smallest absolute Gasteiger partial charge is 0.307 e. The van der Waals surface area contributed by atoms with Gasteiger partial charge in [-0.3, -0.25) is 4.79 Å². The second-order valence-corrected chi connectivity index (χ2v) is 7.78. The maximum absolute atomic E-state index is 12.2. The molecule has 126 valence electrons. The molecule has 7 heteroatoms. The normalized spacial score (nSPS) is 19.4. The Morgan fingerprint density at radius 3 is 2.78 bits per heavy atom. The van der Waals surface area contributed by atoms with Gasteiger partial charge in [0.25, 0.3) is 0 Å². The third-order valence-corrected chi connectivity index (χ3v) is 5.71. The second-order valence-electron chi connectivity index (χ2n) is 5.77. The molecule has 1 aliphatic rings. The van der Waals surface area contributed by atoms with Crippen molar-refractivity contribution in [2.24, 2.45) is 0 Å². The predicted molar refractivity (Wildman–Crippen MR) is 87.0 cm³/mol. The first-order chi connectivity index (χ1) is 10.8. The largest absolute Gasteiger partial charge is 0.508 e. The molecule has 1 aromatic carbocycles. The van der Waals surface area contributed by atoms with E-state index < -0.39 is 16.0 Å². The molecule has 1 unspecified atom stereocenters. The molecule has 0 amide bonds. The average Bonchev–Trinajstić information content (AvgIpc) is 2.46. The highest BCUT2D eigenvalue weighted by Crippen LogP contribution is 2.31. The lowest BCUT2D eigenvalue weighted by atomic mass is 9.90. The van der Waals surface area contributed by atoms with Crippen LogP contribution in [-0.2, 0) is 21.2 Å². The van der Waals surface area contributed by atoms with Gasteiger partial charge in [-0.2, -0.15) is 0 Å². The van der Waals surface area contributed by atoms with Crippen molar-refractivity contribution in [1.29, 1.82) is 0 Å². The van der Waals surface area contributed by atoms with E-state index in [1.807, 2.05) is 0 Å². The Morgan fingerprint density at radius 2 is 2.13 bits per heavy atom. The number of aliphatic carboxylic acids is 1. The minimum absolute atomic E-state index is 0.00446. The molecule has 0 aromatic heterocycles. The summed E-state index contributed by atoms with van der Waals surface area (Å²) in [6.07, 6.45) is 2.73. The first kappa shape index (κ1) is 17.5. The van der Waals surface area contributed by atoms with E-state index in [-0.39, 0.29) is 23.8 Å². The summed E-state index contributed by atoms with van der Waals surface area (Å²) in [5.74, 6) is -1.11. The second kappa shape index (κ2) is 7.14. The summed E-state index contributed by atoms with van der Waals surface area (Å²) >= 11 is 0. The lowest BCUT2D eigenvalue weighted by Crippen LogP contribution is -2.40. The number of phenolic OH excluding ortho intramolecular Hbond substituents is 1. The highest BCUT2D eigenvalue weighted by atomic mass is 32.2. The average molecular weight is 339 g/mol. The molecule has 23 heavy (non-hydrogen) atoms. The first-order valence-electron chi connectivity index (χ1n) is 7.45. The third kappa shape index (κ3) is 4.56. The molecule has 1 atom stereocenters. The van der Waals surface area contributed by atoms with E-state index in [0.717, 1.165) is 18.4 Å². The Morgan fingerprint density at radius 1 is 1.39 bits per heavy atom. The number of hydrogen-bond acceptors (Lipinski definition) is 4. The Hall–Kier alpha value is -1.86. The van der Waals surface area contributed by atoms with E-state index in [1.165, 1.54) is 16.4 Å². The van der Waals surface area contributed by atoms with Crippen molar-refractivity contribution in [3.63, 3.8) is 0 Å². The first-order valence-corrected chi connectivity index (χ1v) is 9.06. The molecular weight excluding hydrogens is 318 g/mol. The van der Waals surface area contributed by atoms with E-state index >= 15 is 0 Å². The van der Waals surface area contributed by atoms with Crippen LogP contribution in [-0.4, -0.2) is 47.7 Å². The van der Waals surface area contributed by atoms with E-state index in [2.05, 4.69) is 6.58 Å². The van der Waals surface area contributed by atoms with Crippen molar-refractivity contribution in [2.45, 2.75) is 25.2 Å². The summed E-state index contributed by atoms with van der Waals surface area (Å²) in [6.45, 7) is 4.29. The van der Waals surface area contributed by atoms with Crippen LogP contribution in [0.1, 0.15) is 29.9 Å². The number of hydrogen-bond donors (Lipinski definition) is 2. The SMILES string of the molecule is C=CCS(=O)(=O)N1CCCC(c2cc(O)cc(CC(=O)O)c2)C1. The van der Waals surface area contributed by atoms with Gasteiger partial charge in [0.1, 0.15) is 5.75 Å². The van der Waals surface area contributed by atoms with Crippen LogP contribution >= 0.6 is 0 Å². The van der Waals surface area contributed by atoms with Gasteiger partial charge in [0, 0.05) is 13.1 Å². The molecular formula is C16H21NO5S. The fourth-order valence-corrected chi connectivity index (χ4v) is 4.26. The monoisotopic (exact) mass is 339 g/mol. The Labute approximate surface area is 136 Å². The molecule has 0 spiro atoms. The Kier molecular flexibility index (Phi) is 5.43. The van der Waals surface area contributed by atoms with Crippen LogP contribution < -0.4 is 0 Å². The number of piperidine rings is 1. The molecule has 0 radical (unpaired) electrons. The fourth-order valence-electron chi connectivity index (χ4n) is 2.93. The van der Waals surface area contributed by atoms with Crippen LogP contribution in [0.3, 0.4) is 0 Å². The number of carbonyl (C=O) groups is 1. The van der Waals surface area contributed by atoms with Crippen molar-refractivity contribution in [2.75, 3.05) is 18.8 Å². The van der Waals surface area contributed by atoms with E-state index in [4.69, 9.17) is 5.11 Å². The zero-order chi connectivity index (χ0) is 17.0. The Balaban J connectivity index is 2.22. The molecule has 1 heterocycles. The van der Waals surface area contributed by atoms with Gasteiger partial charge in [-0.05, 0) is 42.0 Å². The van der Waals surface area contributed by atoms with E-state index in [1.54, 1.807) is 12.1 Å². The zero-order valence-electron chi connectivity index (χ0n) is 12.8. The standard InChI is InChI=1S/C16H21NO5S/c1-2-6-23(21,22)17-5-3-4-13(11-17)14-7-12(9-16(19)20)8-15(18)10-14/h2,7-8,10,13,18H,1,3-6,9,11H2,(H,19,20). The number of carboxylic acids is 1. The van der Waals surface area contributed by atoms with Gasteiger partial charge in [0.2, 0.25) is 10.0 Å². The van der Waals surface area contributed by atoms with Crippen molar-refractivity contribution < 1.29 is 23.4 Å². The molecule has 2 rings (SSSR count). The third-order valence-electron chi connectivity index (χ3n) is 3.93. The minimum Gasteiger partial charge on any atom is -0.508 e. The maximum Gasteiger partial charge on any atom is 0.307 e. The molecule has 1 aromatic rings. The molecule has 1 aliphatic heterocycles. The Bertz CT molecular complexity index is 698. The summed E-state index contributed by atoms with van der Waals surface area (Å²) in [7, 11) is -3.35. The van der Waals surface area contributed by atoms with Crippen LogP contribution in [0.2, 0.25) is 0 Å². The van der Waals surface area contributed by atoms with Crippen LogP contribution in [0.25, 0.3) is 0 Å². The highest BCUT2D eigenvalue weighted by molar-refractivity contribution is 7.89. The summed E-state index contributed by atoms with van der Waals surface area (Å²) in [5, 5.41) is 18.7. The lowest BCUT2D eigenvalue weighted by molar-refractivity contribution is -0.136. The summed E-state index contributed by atoms with van der Waals surface area (Å²) in [5.41, 5.74) is 1.29. The van der Waals surface area contributed by atoms with Gasteiger partial charge in [0.15, 0.2) is 0 Å². The van der Waals surface area contributed by atoms with Crippen LogP contribution in [0.5, 0.6) is 5.75 Å². The van der Waals surface area contributed by atoms with E-state index in [9.17, 15) is 18.3 Å². The zero-order valence-corrected chi connectivity index (χ0v) is 13.6. The molecule has 6 nitrogen and oxygen atoms in total. The van der Waals surface area contributed by atoms with Crippen LogP contribution in [0.15, 0.2) is 30.9 Å². The van der Waals surface area contributed by atoms with E-state index in [0.29, 0.717) is 18.7 Å². The van der Waals surface area contributed by atoms with Crippen molar-refractivity contribution >= 4 is 16.0 Å². The van der Waals surface area contributed by atoms with Crippen molar-refractivity contribution in [1.82, 2.24) is 4.31 Å². The van der Waals surface area contributed by atoms with Crippen LogP contribution in [0, 0.1) is 0 Å². The van der Waals surface area contributed by atoms with Crippen LogP contribution in [0.4, 0.5) is 0 Å². The number of phenols is 1. The highest BCUT2D eigenvalue weighted by Gasteiger charge is 2.29. The van der Waals surface area contributed by atoms with Gasteiger partial charge < -0.3 is 10.2 Å². The molecule has 0 aliphatic carbocycles. The van der Waals surface area contributed by atoms with Gasteiger partial charge in [-0.15, -0.1) is 6.58 Å². The summed E-state index contributed by atoms with van der Waals surface area (Å²) < 4.78 is 25.8. The topological polar surface area (TPSA) is 94.9 Å². The van der Waals surface area contributed by atoms with Crippen molar-refractivity contribution in [3.8, 4) is 5.75 Å². The van der Waals surface area contributed by atoms with Gasteiger partial charge >= 0.3 is 5.97 Å². The molecule has 0 bridgehead atoms. The summed E-state index contributed by atoms with van der Waals surface area (Å²) in [6, 6.07) is 4.74. The number of benzene rings is 1. The number of nitrogens with zero attached hydrogens (tertiary/aromatic N) is 1. The number of rotatable bonds is 6. The molecule has 1 saturated heterocycles. The number of carboxylic acid groups (broad SMARTS) is 1.